The van der Waals surface area contributed by atoms with Gasteiger partial charge < -0.3 is 0 Å². The van der Waals surface area contributed by atoms with Gasteiger partial charge in [-0.2, -0.15) is 0 Å². The third-order valence-electron chi connectivity index (χ3n) is 1.84. The summed E-state index contributed by atoms with van der Waals surface area (Å²) in [6.45, 7) is 0. The summed E-state index contributed by atoms with van der Waals surface area (Å²) in [5.74, 6) is 0. The molecule has 0 unspecified atom stereocenters. The second kappa shape index (κ2) is 2.04. The van der Waals surface area contributed by atoms with E-state index in [1.807, 2.05) is 22.0 Å². The quantitative estimate of drug-likeness (QED) is 0.522. The van der Waals surface area contributed by atoms with Crippen LogP contribution in [0.4, 0.5) is 0 Å². The molecule has 0 saturated heterocycles. The van der Waals surface area contributed by atoms with Crippen LogP contribution < -0.4 is 0 Å². The Morgan fingerprint density at radius 3 is 3.33 bits per heavy atom. The van der Waals surface area contributed by atoms with Gasteiger partial charge in [0.25, 0.3) is 0 Å². The Hall–Kier alpha value is -1.42. The van der Waals surface area contributed by atoms with Crippen molar-refractivity contribution in [2.24, 2.45) is 0 Å². The average Bonchev–Trinajstić information content (AvgIpc) is 2.71. The third-order valence-corrected chi connectivity index (χ3v) is 2.74. The molecular formula is C8H5N3S. The lowest BCUT2D eigenvalue weighted by atomic mass is 10.5. The Balaban J connectivity index is 2.71. The normalized spacial score (nSPS) is 11.3. The Kier molecular flexibility index (Phi) is 1.04. The van der Waals surface area contributed by atoms with Crippen LogP contribution in [0.3, 0.4) is 0 Å². The Morgan fingerprint density at radius 2 is 2.33 bits per heavy atom. The fourth-order valence-corrected chi connectivity index (χ4v) is 2.12. The minimum atomic E-state index is 0.995. The molecule has 3 nitrogen and oxygen atoms in total. The predicted octanol–water partition coefficient (Wildman–Crippen LogP) is 1.94. The molecule has 58 valence electrons. The first-order valence-electron chi connectivity index (χ1n) is 3.60. The van der Waals surface area contributed by atoms with Gasteiger partial charge >= 0.3 is 0 Å². The maximum atomic E-state index is 4.27. The summed E-state index contributed by atoms with van der Waals surface area (Å²) in [5, 5.41) is 2.03. The molecule has 0 saturated carbocycles. The highest BCUT2D eigenvalue weighted by Crippen LogP contribution is 2.21. The third kappa shape index (κ3) is 0.648. The molecule has 3 aromatic heterocycles. The van der Waals surface area contributed by atoms with Crippen LogP contribution in [-0.2, 0) is 0 Å². The minimum absolute atomic E-state index is 0.995. The molecule has 0 spiro atoms. The molecule has 4 heteroatoms. The average molecular weight is 175 g/mol. The molecule has 0 N–H and O–H groups in total. The molecule has 12 heavy (non-hydrogen) atoms. The summed E-state index contributed by atoms with van der Waals surface area (Å²) in [4.78, 5) is 8.53. The van der Waals surface area contributed by atoms with Crippen molar-refractivity contribution in [3.8, 4) is 0 Å². The number of rotatable bonds is 0. The molecule has 0 amide bonds. The number of aromatic nitrogens is 3. The van der Waals surface area contributed by atoms with Gasteiger partial charge in [0.2, 0.25) is 0 Å². The number of fused-ring (bicyclic) bond motifs is 3. The molecule has 0 atom stereocenters. The fourth-order valence-electron chi connectivity index (χ4n) is 1.28. The van der Waals surface area contributed by atoms with Gasteiger partial charge in [0.15, 0.2) is 5.65 Å². The van der Waals surface area contributed by atoms with Crippen molar-refractivity contribution < 1.29 is 0 Å². The Bertz CT molecular complexity index is 487. The predicted molar refractivity (Wildman–Crippen MR) is 48.4 cm³/mol. The van der Waals surface area contributed by atoms with Crippen LogP contribution in [0.25, 0.3) is 15.9 Å². The fraction of sp³-hybridized carbons (Fsp3) is 0. The molecule has 0 radical (unpaired) electrons. The molecule has 3 rings (SSSR count). The molecule has 0 fully saturated rings. The van der Waals surface area contributed by atoms with E-state index in [1.54, 1.807) is 23.9 Å². The lowest BCUT2D eigenvalue weighted by molar-refractivity contribution is 1.12. The molecule has 0 aliphatic heterocycles. The van der Waals surface area contributed by atoms with Crippen LogP contribution >= 0.6 is 11.3 Å². The summed E-state index contributed by atoms with van der Waals surface area (Å²) < 4.78 is 3.08. The Labute approximate surface area is 72.3 Å². The van der Waals surface area contributed by atoms with Gasteiger partial charge in [-0.05, 0) is 11.4 Å². The van der Waals surface area contributed by atoms with Crippen LogP contribution in [0, 0.1) is 0 Å². The monoisotopic (exact) mass is 175 g/mol. The molecule has 0 aromatic carbocycles. The first kappa shape index (κ1) is 6.14. The van der Waals surface area contributed by atoms with Crippen LogP contribution in [0.2, 0.25) is 0 Å². The number of imidazole rings is 1. The van der Waals surface area contributed by atoms with Crippen molar-refractivity contribution in [2.45, 2.75) is 0 Å². The van der Waals surface area contributed by atoms with Gasteiger partial charge in [-0.1, -0.05) is 0 Å². The van der Waals surface area contributed by atoms with Crippen molar-refractivity contribution in [3.05, 3.63) is 30.2 Å². The number of hydrogen-bond acceptors (Lipinski definition) is 3. The largest absolute Gasteiger partial charge is 0.289 e. The van der Waals surface area contributed by atoms with Gasteiger partial charge in [0.05, 0.1) is 10.2 Å². The van der Waals surface area contributed by atoms with Gasteiger partial charge in [-0.15, -0.1) is 11.3 Å². The first-order chi connectivity index (χ1) is 5.95. The molecular weight excluding hydrogens is 170 g/mol. The van der Waals surface area contributed by atoms with E-state index >= 15 is 0 Å². The topological polar surface area (TPSA) is 30.2 Å². The lowest BCUT2D eigenvalue weighted by Crippen LogP contribution is -1.84. The molecule has 0 aliphatic rings. The lowest BCUT2D eigenvalue weighted by Gasteiger charge is -1.91. The highest BCUT2D eigenvalue weighted by Gasteiger charge is 2.02. The zero-order valence-corrected chi connectivity index (χ0v) is 6.95. The summed E-state index contributed by atoms with van der Waals surface area (Å²) >= 11 is 1.68. The first-order valence-corrected chi connectivity index (χ1v) is 4.48. The van der Waals surface area contributed by atoms with Crippen LogP contribution in [-0.4, -0.2) is 14.4 Å². The van der Waals surface area contributed by atoms with Crippen molar-refractivity contribution in [1.82, 2.24) is 14.4 Å². The van der Waals surface area contributed by atoms with Crippen LogP contribution in [0.15, 0.2) is 30.2 Å². The van der Waals surface area contributed by atoms with E-state index in [4.69, 9.17) is 0 Å². The number of thiophene rings is 1. The summed E-state index contributed by atoms with van der Waals surface area (Å²) in [5.41, 5.74) is 2.02. The van der Waals surface area contributed by atoms with Crippen molar-refractivity contribution >= 4 is 27.2 Å². The summed E-state index contributed by atoms with van der Waals surface area (Å²) in [7, 11) is 0. The van der Waals surface area contributed by atoms with Gasteiger partial charge in [-0.25, -0.2) is 9.97 Å². The molecule has 3 aromatic rings. The van der Waals surface area contributed by atoms with Crippen molar-refractivity contribution in [1.29, 1.82) is 0 Å². The van der Waals surface area contributed by atoms with Gasteiger partial charge in [-0.3, -0.25) is 4.40 Å². The zero-order chi connectivity index (χ0) is 7.97. The van der Waals surface area contributed by atoms with Crippen LogP contribution in [0.5, 0.6) is 0 Å². The molecule has 0 aliphatic carbocycles. The highest BCUT2D eigenvalue weighted by atomic mass is 32.1. The van der Waals surface area contributed by atoms with E-state index in [0.717, 1.165) is 15.9 Å². The number of nitrogens with zero attached hydrogens (tertiary/aromatic N) is 3. The van der Waals surface area contributed by atoms with E-state index in [9.17, 15) is 0 Å². The summed E-state index contributed by atoms with van der Waals surface area (Å²) in [6.07, 6.45) is 5.48. The van der Waals surface area contributed by atoms with E-state index in [2.05, 4.69) is 9.97 Å². The van der Waals surface area contributed by atoms with Gasteiger partial charge in [0, 0.05) is 12.4 Å². The maximum Gasteiger partial charge on any atom is 0.157 e. The molecule has 0 bridgehead atoms. The van der Waals surface area contributed by atoms with E-state index in [0.29, 0.717) is 0 Å². The minimum Gasteiger partial charge on any atom is -0.289 e. The highest BCUT2D eigenvalue weighted by molar-refractivity contribution is 7.17. The maximum absolute atomic E-state index is 4.27. The second-order valence-corrected chi connectivity index (χ2v) is 3.45. The zero-order valence-electron chi connectivity index (χ0n) is 6.14. The second-order valence-electron chi connectivity index (χ2n) is 2.54. The van der Waals surface area contributed by atoms with Crippen molar-refractivity contribution in [2.75, 3.05) is 0 Å². The number of hydrogen-bond donors (Lipinski definition) is 0. The van der Waals surface area contributed by atoms with E-state index in [1.165, 1.54) is 0 Å². The smallest absolute Gasteiger partial charge is 0.157 e. The van der Waals surface area contributed by atoms with E-state index in [-0.39, 0.29) is 0 Å². The Morgan fingerprint density at radius 1 is 1.33 bits per heavy atom. The molecule has 3 heterocycles. The van der Waals surface area contributed by atoms with Crippen molar-refractivity contribution in [3.63, 3.8) is 0 Å². The van der Waals surface area contributed by atoms with Crippen LogP contribution in [0.1, 0.15) is 0 Å². The standard InChI is InChI=1S/C8H5N3S/c1-4-12-7-6(1)10-5-11-3-2-9-8(7)11/h1-5H. The summed E-state index contributed by atoms with van der Waals surface area (Å²) in [6, 6.07) is 2.01. The van der Waals surface area contributed by atoms with E-state index < -0.39 is 0 Å². The van der Waals surface area contributed by atoms with Gasteiger partial charge in [0.1, 0.15) is 6.33 Å². The SMILES string of the molecule is c1cn2cnc3ccsc3c2n1.